The molecule has 0 radical (unpaired) electrons. The van der Waals surface area contributed by atoms with E-state index in [1.54, 1.807) is 13.2 Å². The van der Waals surface area contributed by atoms with Gasteiger partial charge in [0, 0.05) is 31.8 Å². The van der Waals surface area contributed by atoms with Crippen LogP contribution >= 0.6 is 7.82 Å². The monoisotopic (exact) mass is 430 g/mol. The van der Waals surface area contributed by atoms with E-state index in [2.05, 4.69) is 19.6 Å². The molecule has 29 heavy (non-hydrogen) atoms. The Morgan fingerprint density at radius 1 is 1.28 bits per heavy atom. The van der Waals surface area contributed by atoms with E-state index in [1.165, 1.54) is 29.9 Å². The number of anilines is 1. The van der Waals surface area contributed by atoms with E-state index < -0.39 is 38.8 Å². The Balaban J connectivity index is 1.94. The van der Waals surface area contributed by atoms with Crippen LogP contribution in [0.15, 0.2) is 17.6 Å². The highest BCUT2D eigenvalue weighted by Gasteiger charge is 2.35. The van der Waals surface area contributed by atoms with Crippen molar-refractivity contribution in [2.45, 2.75) is 25.4 Å². The van der Waals surface area contributed by atoms with Crippen molar-refractivity contribution in [3.8, 4) is 0 Å². The van der Waals surface area contributed by atoms with Crippen LogP contribution in [0.3, 0.4) is 0 Å². The molecule has 1 aliphatic heterocycles. The number of phosphoric ester groups is 1. The predicted molar refractivity (Wildman–Crippen MR) is 102 cm³/mol. The number of aliphatic hydroxyl groups is 2. The summed E-state index contributed by atoms with van der Waals surface area (Å²) in [6.07, 6.45) is -1.06. The summed E-state index contributed by atoms with van der Waals surface area (Å²) in [5.74, 6) is -0.0617. The predicted octanol–water partition coefficient (Wildman–Crippen LogP) is -0.886. The molecule has 0 saturated carbocycles. The van der Waals surface area contributed by atoms with Gasteiger partial charge < -0.3 is 35.0 Å². The molecule has 0 aliphatic carbocycles. The lowest BCUT2D eigenvalue weighted by atomic mass is 9.99. The number of ether oxygens (including phenoxy) is 1. The molecule has 6 N–H and O–H groups in total. The van der Waals surface area contributed by atoms with E-state index in [-0.39, 0.29) is 5.84 Å². The smallest absolute Gasteiger partial charge is 0.390 e. The first-order chi connectivity index (χ1) is 13.5. The highest BCUT2D eigenvalue weighted by atomic mass is 31.2. The van der Waals surface area contributed by atoms with Gasteiger partial charge in [0.1, 0.15) is 18.1 Å². The van der Waals surface area contributed by atoms with Crippen molar-refractivity contribution in [1.82, 2.24) is 14.5 Å². The van der Waals surface area contributed by atoms with Crippen LogP contribution in [0, 0.1) is 5.92 Å². The Morgan fingerprint density at radius 2 is 1.97 bits per heavy atom. The van der Waals surface area contributed by atoms with Gasteiger partial charge in [0.05, 0.1) is 18.1 Å². The van der Waals surface area contributed by atoms with Crippen molar-refractivity contribution in [2.75, 3.05) is 25.8 Å². The lowest BCUT2D eigenvalue weighted by Gasteiger charge is -2.30. The van der Waals surface area contributed by atoms with Crippen LogP contribution in [-0.2, 0) is 13.8 Å². The summed E-state index contributed by atoms with van der Waals surface area (Å²) in [4.78, 5) is 26.1. The van der Waals surface area contributed by atoms with E-state index in [4.69, 9.17) is 20.3 Å². The molecule has 0 aromatic carbocycles. The van der Waals surface area contributed by atoms with Crippen molar-refractivity contribution in [3.05, 3.63) is 18.1 Å². The molecule has 1 aliphatic rings. The number of hydrogen-bond acceptors (Lipinski definition) is 10. The van der Waals surface area contributed by atoms with Crippen molar-refractivity contribution < 1.29 is 33.8 Å². The molecule has 14 heteroatoms. The SMILES string of the molecule is COC(C(O)C(O)C(C)COP(=O)(O)O)n1cc2c3c(ncnc31)N(C)N=C2N. The zero-order valence-corrected chi connectivity index (χ0v) is 16.8. The average Bonchev–Trinajstić information content (AvgIpc) is 3.04. The van der Waals surface area contributed by atoms with E-state index in [1.807, 2.05) is 0 Å². The highest BCUT2D eigenvalue weighted by molar-refractivity contribution is 7.46. The fraction of sp³-hybridized carbons (Fsp3) is 0.533. The van der Waals surface area contributed by atoms with Gasteiger partial charge in [-0.2, -0.15) is 5.10 Å². The number of nitrogens with two attached hydrogens (primary N) is 1. The number of hydrazone groups is 1. The number of nitrogens with zero attached hydrogens (tertiary/aromatic N) is 5. The minimum Gasteiger partial charge on any atom is -0.390 e. The van der Waals surface area contributed by atoms with Gasteiger partial charge in [0.15, 0.2) is 17.9 Å². The van der Waals surface area contributed by atoms with Gasteiger partial charge in [-0.05, 0) is 0 Å². The summed E-state index contributed by atoms with van der Waals surface area (Å²) in [6, 6.07) is 0. The van der Waals surface area contributed by atoms with Crippen LogP contribution in [-0.4, -0.2) is 73.3 Å². The van der Waals surface area contributed by atoms with E-state index >= 15 is 0 Å². The summed E-state index contributed by atoms with van der Waals surface area (Å²) in [6.45, 7) is 1.01. The third-order valence-corrected chi connectivity index (χ3v) is 5.16. The summed E-state index contributed by atoms with van der Waals surface area (Å²) < 4.78 is 22.2. The molecular formula is C15H23N6O7P. The Hall–Kier alpha value is -2.12. The van der Waals surface area contributed by atoms with Gasteiger partial charge in [-0.3, -0.25) is 4.52 Å². The van der Waals surface area contributed by atoms with Gasteiger partial charge in [-0.1, -0.05) is 6.92 Å². The van der Waals surface area contributed by atoms with Crippen LogP contribution in [0.4, 0.5) is 5.82 Å². The van der Waals surface area contributed by atoms with E-state index in [9.17, 15) is 14.8 Å². The molecule has 0 spiro atoms. The minimum absolute atomic E-state index is 0.229. The van der Waals surface area contributed by atoms with Crippen molar-refractivity contribution >= 4 is 30.5 Å². The molecule has 0 bridgehead atoms. The largest absolute Gasteiger partial charge is 0.469 e. The first-order valence-corrected chi connectivity index (χ1v) is 10.1. The van der Waals surface area contributed by atoms with E-state index in [0.29, 0.717) is 22.4 Å². The summed E-state index contributed by atoms with van der Waals surface area (Å²) in [7, 11) is -1.67. The number of methoxy groups -OCH3 is 1. The number of amidine groups is 1. The summed E-state index contributed by atoms with van der Waals surface area (Å²) in [5, 5.41) is 27.5. The van der Waals surface area contributed by atoms with Crippen molar-refractivity contribution in [3.63, 3.8) is 0 Å². The molecule has 3 rings (SSSR count). The molecule has 160 valence electrons. The maximum Gasteiger partial charge on any atom is 0.469 e. The quantitative estimate of drug-likeness (QED) is 0.327. The zero-order chi connectivity index (χ0) is 21.5. The Morgan fingerprint density at radius 3 is 2.59 bits per heavy atom. The highest BCUT2D eigenvalue weighted by Crippen LogP contribution is 2.37. The van der Waals surface area contributed by atoms with Crippen LogP contribution in [0.2, 0.25) is 0 Å². The van der Waals surface area contributed by atoms with Crippen LogP contribution < -0.4 is 10.7 Å². The topological polar surface area (TPSA) is 189 Å². The van der Waals surface area contributed by atoms with Crippen molar-refractivity contribution in [1.29, 1.82) is 0 Å². The van der Waals surface area contributed by atoms with Gasteiger partial charge in [0.2, 0.25) is 0 Å². The van der Waals surface area contributed by atoms with Gasteiger partial charge in [-0.25, -0.2) is 19.5 Å². The second-order valence-electron chi connectivity index (χ2n) is 6.73. The maximum atomic E-state index is 10.9. The van der Waals surface area contributed by atoms with Crippen LogP contribution in [0.1, 0.15) is 18.7 Å². The fourth-order valence-electron chi connectivity index (χ4n) is 3.20. The molecule has 4 atom stereocenters. The third-order valence-electron chi connectivity index (χ3n) is 4.68. The molecule has 2 aromatic rings. The average molecular weight is 430 g/mol. The number of rotatable bonds is 8. The first kappa shape index (κ1) is 21.6. The number of aromatic nitrogens is 3. The zero-order valence-electron chi connectivity index (χ0n) is 15.9. The second kappa shape index (κ2) is 7.95. The van der Waals surface area contributed by atoms with Crippen LogP contribution in [0.25, 0.3) is 11.0 Å². The molecule has 2 aromatic heterocycles. The standard InChI is InChI=1S/C15H23N6O7P/c1-7(5-28-29(24,25)26)10(22)11(23)15(27-3)21-4-8-9-13(17-6-18-14(9)21)20(2)19-12(8)16/h4,6-7,10-11,15,22-23H,5H2,1-3H3,(H2,16,19)(H2,24,25,26). The normalized spacial score (nSPS) is 18.4. The lowest BCUT2D eigenvalue weighted by molar-refractivity contribution is -0.124. The number of phosphoric acid groups is 1. The second-order valence-corrected chi connectivity index (χ2v) is 7.97. The van der Waals surface area contributed by atoms with Crippen LogP contribution in [0.5, 0.6) is 0 Å². The Kier molecular flexibility index (Phi) is 5.92. The van der Waals surface area contributed by atoms with E-state index in [0.717, 1.165) is 0 Å². The van der Waals surface area contributed by atoms with Gasteiger partial charge in [-0.15, -0.1) is 0 Å². The molecular weight excluding hydrogens is 407 g/mol. The van der Waals surface area contributed by atoms with Gasteiger partial charge in [0.25, 0.3) is 0 Å². The molecule has 0 saturated heterocycles. The molecule has 13 nitrogen and oxygen atoms in total. The first-order valence-electron chi connectivity index (χ1n) is 8.58. The molecule has 0 fully saturated rings. The maximum absolute atomic E-state index is 10.9. The molecule has 3 heterocycles. The number of aliphatic hydroxyl groups excluding tert-OH is 2. The molecule has 0 amide bonds. The lowest BCUT2D eigenvalue weighted by Crippen LogP contribution is -2.41. The summed E-state index contributed by atoms with van der Waals surface area (Å²) >= 11 is 0. The van der Waals surface area contributed by atoms with Gasteiger partial charge >= 0.3 is 7.82 Å². The minimum atomic E-state index is -4.70. The number of hydrogen-bond donors (Lipinski definition) is 5. The Bertz CT molecular complexity index is 975. The summed E-state index contributed by atoms with van der Waals surface area (Å²) in [5.41, 5.74) is 6.97. The Labute approximate surface area is 165 Å². The third kappa shape index (κ3) is 4.12. The molecule has 4 unspecified atom stereocenters. The van der Waals surface area contributed by atoms with Crippen molar-refractivity contribution in [2.24, 2.45) is 16.8 Å². The fourth-order valence-corrected chi connectivity index (χ4v) is 3.63.